The Morgan fingerprint density at radius 1 is 1.37 bits per heavy atom. The number of rotatable bonds is 5. The van der Waals surface area contributed by atoms with Crippen molar-refractivity contribution in [3.63, 3.8) is 0 Å². The molecule has 0 aromatic carbocycles. The molecule has 102 valence electrons. The van der Waals surface area contributed by atoms with E-state index in [1.165, 1.54) is 21.6 Å². The maximum Gasteiger partial charge on any atom is 0.343 e. The summed E-state index contributed by atoms with van der Waals surface area (Å²) in [7, 11) is 2.76. The highest BCUT2D eigenvalue weighted by molar-refractivity contribution is 8.77. The molecule has 0 unspecified atom stereocenters. The Morgan fingerprint density at radius 2 is 2.11 bits per heavy atom. The molecule has 0 saturated carbocycles. The van der Waals surface area contributed by atoms with E-state index in [9.17, 15) is 14.4 Å². The molecule has 1 fully saturated rings. The van der Waals surface area contributed by atoms with Gasteiger partial charge in [-0.25, -0.2) is 4.79 Å². The molecule has 2 amide bonds. The Hall–Kier alpha value is -1.41. The number of imide groups is 1. The van der Waals surface area contributed by atoms with Gasteiger partial charge in [0, 0.05) is 12.8 Å². The third-order valence-corrected chi connectivity index (χ3v) is 4.68. The molecule has 1 atom stereocenters. The van der Waals surface area contributed by atoms with Crippen LogP contribution in [-0.4, -0.2) is 34.0 Å². The van der Waals surface area contributed by atoms with Gasteiger partial charge in [0.15, 0.2) is 0 Å². The van der Waals surface area contributed by atoms with Crippen LogP contribution in [0.4, 0.5) is 0 Å². The van der Waals surface area contributed by atoms with Crippen molar-refractivity contribution in [1.29, 1.82) is 0 Å². The summed E-state index contributed by atoms with van der Waals surface area (Å²) in [6.45, 7) is 0. The topological polar surface area (TPSA) is 75.7 Å². The van der Waals surface area contributed by atoms with Gasteiger partial charge in [-0.15, -0.1) is 5.06 Å². The SMILES string of the molecule is O=C(CSS[C@H]1C=CC=CN1)ON1C(=O)CCC1=O. The summed E-state index contributed by atoms with van der Waals surface area (Å²) in [6, 6.07) is 0. The van der Waals surface area contributed by atoms with Crippen molar-refractivity contribution in [2.45, 2.75) is 18.2 Å². The zero-order valence-corrected chi connectivity index (χ0v) is 11.5. The first kappa shape index (κ1) is 14.0. The third kappa shape index (κ3) is 4.03. The summed E-state index contributed by atoms with van der Waals surface area (Å²) in [6.07, 6.45) is 7.78. The first-order valence-corrected chi connectivity index (χ1v) is 7.99. The minimum atomic E-state index is -0.601. The fourth-order valence-electron chi connectivity index (χ4n) is 1.43. The number of hydrogen-bond acceptors (Lipinski definition) is 7. The summed E-state index contributed by atoms with van der Waals surface area (Å²) in [5.74, 6) is -1.45. The van der Waals surface area contributed by atoms with Crippen LogP contribution < -0.4 is 5.32 Å². The van der Waals surface area contributed by atoms with Crippen LogP contribution in [0.15, 0.2) is 24.4 Å². The lowest BCUT2D eigenvalue weighted by molar-refractivity contribution is -0.195. The van der Waals surface area contributed by atoms with E-state index in [4.69, 9.17) is 4.84 Å². The first-order valence-electron chi connectivity index (χ1n) is 5.61. The molecule has 2 heterocycles. The molecule has 2 aliphatic rings. The van der Waals surface area contributed by atoms with Gasteiger partial charge in [0.25, 0.3) is 11.8 Å². The smallest absolute Gasteiger partial charge is 0.343 e. The van der Waals surface area contributed by atoms with Gasteiger partial charge < -0.3 is 10.2 Å². The number of hydroxylamine groups is 2. The number of carbonyl (C=O) groups excluding carboxylic acids is 3. The second-order valence-electron chi connectivity index (χ2n) is 3.73. The van der Waals surface area contributed by atoms with E-state index >= 15 is 0 Å². The van der Waals surface area contributed by atoms with Crippen LogP contribution in [0.2, 0.25) is 0 Å². The lowest BCUT2D eigenvalue weighted by Crippen LogP contribution is -2.32. The van der Waals surface area contributed by atoms with Crippen LogP contribution in [0.25, 0.3) is 0 Å². The number of allylic oxidation sites excluding steroid dienone is 2. The molecule has 2 aliphatic heterocycles. The average molecular weight is 300 g/mol. The molecule has 0 spiro atoms. The highest BCUT2D eigenvalue weighted by Gasteiger charge is 2.32. The van der Waals surface area contributed by atoms with Crippen molar-refractivity contribution < 1.29 is 19.2 Å². The number of amides is 2. The first-order chi connectivity index (χ1) is 9.16. The lowest BCUT2D eigenvalue weighted by atomic mass is 10.4. The lowest BCUT2D eigenvalue weighted by Gasteiger charge is -2.15. The largest absolute Gasteiger partial charge is 0.375 e. The van der Waals surface area contributed by atoms with Gasteiger partial charge in [-0.05, 0) is 12.3 Å². The fourth-order valence-corrected chi connectivity index (χ4v) is 3.37. The third-order valence-electron chi connectivity index (χ3n) is 2.30. The molecule has 1 N–H and O–H groups in total. The molecular weight excluding hydrogens is 288 g/mol. The van der Waals surface area contributed by atoms with Gasteiger partial charge in [-0.1, -0.05) is 33.7 Å². The monoisotopic (exact) mass is 300 g/mol. The molecule has 6 nitrogen and oxygen atoms in total. The van der Waals surface area contributed by atoms with Gasteiger partial charge in [0.1, 0.15) is 11.1 Å². The zero-order chi connectivity index (χ0) is 13.7. The van der Waals surface area contributed by atoms with Gasteiger partial charge in [-0.3, -0.25) is 9.59 Å². The summed E-state index contributed by atoms with van der Waals surface area (Å²) >= 11 is 0. The minimum absolute atomic E-state index is 0.0669. The zero-order valence-electron chi connectivity index (χ0n) is 9.90. The van der Waals surface area contributed by atoms with Crippen LogP contribution in [0.3, 0.4) is 0 Å². The van der Waals surface area contributed by atoms with Crippen molar-refractivity contribution in [2.24, 2.45) is 0 Å². The number of nitrogens with zero attached hydrogens (tertiary/aromatic N) is 1. The molecule has 0 bridgehead atoms. The van der Waals surface area contributed by atoms with Crippen LogP contribution in [0.5, 0.6) is 0 Å². The predicted molar refractivity (Wildman–Crippen MR) is 72.4 cm³/mol. The quantitative estimate of drug-likeness (QED) is 0.599. The molecular formula is C11H12N2O4S2. The Balaban J connectivity index is 1.67. The molecule has 0 aromatic heterocycles. The van der Waals surface area contributed by atoms with E-state index < -0.39 is 17.8 Å². The number of dihydropyridines is 1. The Morgan fingerprint density at radius 3 is 2.74 bits per heavy atom. The molecule has 19 heavy (non-hydrogen) atoms. The predicted octanol–water partition coefficient (Wildman–Crippen LogP) is 0.974. The van der Waals surface area contributed by atoms with E-state index in [-0.39, 0.29) is 24.0 Å². The average Bonchev–Trinajstić information content (AvgIpc) is 2.72. The highest BCUT2D eigenvalue weighted by Crippen LogP contribution is 2.27. The van der Waals surface area contributed by atoms with Crippen molar-refractivity contribution >= 4 is 39.4 Å². The second-order valence-corrected chi connectivity index (χ2v) is 6.24. The Kier molecular flexibility index (Phi) is 4.92. The van der Waals surface area contributed by atoms with Crippen LogP contribution in [0, 0.1) is 0 Å². The summed E-state index contributed by atoms with van der Waals surface area (Å²) in [5.41, 5.74) is 0. The van der Waals surface area contributed by atoms with Crippen molar-refractivity contribution in [3.8, 4) is 0 Å². The Bertz CT molecular complexity index is 434. The summed E-state index contributed by atoms with van der Waals surface area (Å²) in [5, 5.41) is 3.74. The van der Waals surface area contributed by atoms with E-state index in [0.29, 0.717) is 5.06 Å². The van der Waals surface area contributed by atoms with Gasteiger partial charge >= 0.3 is 5.97 Å². The maximum atomic E-state index is 11.5. The molecule has 1 saturated heterocycles. The number of hydrogen-bond donors (Lipinski definition) is 1. The van der Waals surface area contributed by atoms with E-state index in [2.05, 4.69) is 5.32 Å². The standard InChI is InChI=1S/C11H12N2O4S2/c14-9-4-5-10(15)13(9)17-11(16)7-18-19-8-3-1-2-6-12-8/h1-3,6,8,12H,4-5,7H2/t8-/m0/s1. The molecule has 2 rings (SSSR count). The molecule has 0 aliphatic carbocycles. The van der Waals surface area contributed by atoms with Crippen LogP contribution in [0.1, 0.15) is 12.8 Å². The van der Waals surface area contributed by atoms with Gasteiger partial charge in [-0.2, -0.15) is 0 Å². The van der Waals surface area contributed by atoms with Crippen molar-refractivity contribution in [2.75, 3.05) is 5.75 Å². The second kappa shape index (κ2) is 6.67. The molecule has 8 heteroatoms. The summed E-state index contributed by atoms with van der Waals surface area (Å²) < 4.78 is 0. The highest BCUT2D eigenvalue weighted by atomic mass is 33.1. The van der Waals surface area contributed by atoms with Gasteiger partial charge in [0.2, 0.25) is 0 Å². The Labute approximate surface area is 118 Å². The minimum Gasteiger partial charge on any atom is -0.375 e. The van der Waals surface area contributed by atoms with Crippen molar-refractivity contribution in [1.82, 2.24) is 10.4 Å². The fraction of sp³-hybridized carbons (Fsp3) is 0.364. The normalized spacial score (nSPS) is 21.7. The number of carbonyl (C=O) groups is 3. The van der Waals surface area contributed by atoms with Crippen molar-refractivity contribution in [3.05, 3.63) is 24.4 Å². The van der Waals surface area contributed by atoms with Gasteiger partial charge in [0.05, 0.1) is 0 Å². The van der Waals surface area contributed by atoms with E-state index in [1.807, 2.05) is 24.4 Å². The van der Waals surface area contributed by atoms with Crippen LogP contribution in [-0.2, 0) is 19.2 Å². The maximum absolute atomic E-state index is 11.5. The van der Waals surface area contributed by atoms with Crippen LogP contribution >= 0.6 is 21.6 Å². The van der Waals surface area contributed by atoms with E-state index in [1.54, 1.807) is 0 Å². The molecule has 0 radical (unpaired) electrons. The van der Waals surface area contributed by atoms with E-state index in [0.717, 1.165) is 0 Å². The summed E-state index contributed by atoms with van der Waals surface area (Å²) in [4.78, 5) is 38.7. The molecule has 0 aromatic rings. The number of nitrogens with one attached hydrogen (secondary N) is 1.